The topological polar surface area (TPSA) is 146 Å². The van der Waals surface area contributed by atoms with Crippen LogP contribution >= 0.6 is 7.60 Å². The number of halogens is 2. The van der Waals surface area contributed by atoms with Crippen LogP contribution in [0.3, 0.4) is 0 Å². The van der Waals surface area contributed by atoms with Gasteiger partial charge >= 0.3 is 13.3 Å². The lowest BCUT2D eigenvalue weighted by molar-refractivity contribution is -0.122. The maximum absolute atomic E-state index is 14.0. The molecule has 0 saturated carbocycles. The number of pyridine rings is 1. The minimum atomic E-state index is -5.75. The zero-order valence-electron chi connectivity index (χ0n) is 20.2. The van der Waals surface area contributed by atoms with Crippen LogP contribution in [-0.4, -0.2) is 41.7 Å². The van der Waals surface area contributed by atoms with E-state index in [2.05, 4.69) is 15.0 Å². The lowest BCUT2D eigenvalue weighted by atomic mass is 10.0. The van der Waals surface area contributed by atoms with E-state index >= 15 is 0 Å². The number of sulfonamides is 1. The molecule has 4 N–H and O–H groups in total. The molecule has 13 heteroatoms. The van der Waals surface area contributed by atoms with E-state index in [1.165, 1.54) is 24.4 Å². The summed E-state index contributed by atoms with van der Waals surface area (Å²) in [5.41, 5.74) is -3.83. The zero-order valence-corrected chi connectivity index (χ0v) is 21.9. The Morgan fingerprint density at radius 3 is 2.21 bits per heavy atom. The summed E-state index contributed by atoms with van der Waals surface area (Å²) in [5, 5.41) is 2.42. The van der Waals surface area contributed by atoms with Crippen LogP contribution in [0, 0.1) is 0 Å². The molecule has 204 valence electrons. The summed E-state index contributed by atoms with van der Waals surface area (Å²) in [4.78, 5) is 34.6. The minimum absolute atomic E-state index is 0.205. The number of carbonyl (C=O) groups is 1. The zero-order chi connectivity index (χ0) is 27.8. The number of rotatable bonds is 13. The molecule has 0 spiro atoms. The number of hydrogen-bond donors (Lipinski definition) is 4. The highest BCUT2D eigenvalue weighted by atomic mass is 32.2. The Morgan fingerprint density at radius 1 is 0.947 bits per heavy atom. The average molecular weight is 568 g/mol. The third kappa shape index (κ3) is 7.99. The molecule has 0 bridgehead atoms. The fraction of sp³-hybridized carbons (Fsp3) is 0.280. The van der Waals surface area contributed by atoms with Crippen LogP contribution in [0.1, 0.15) is 29.5 Å². The number of unbranched alkanes of at least 4 members (excludes halogenated alkanes) is 1. The van der Waals surface area contributed by atoms with Crippen molar-refractivity contribution in [1.29, 1.82) is 0 Å². The number of alkyl halides is 2. The van der Waals surface area contributed by atoms with Gasteiger partial charge in [-0.1, -0.05) is 60.7 Å². The maximum atomic E-state index is 14.0. The van der Waals surface area contributed by atoms with Gasteiger partial charge in [-0.2, -0.15) is 13.5 Å². The first kappa shape index (κ1) is 29.5. The Bertz CT molecular complexity index is 1350. The fourth-order valence-electron chi connectivity index (χ4n) is 3.62. The van der Waals surface area contributed by atoms with Crippen molar-refractivity contribution in [3.05, 3.63) is 95.7 Å². The Labute approximate surface area is 219 Å². The molecule has 3 aromatic rings. The van der Waals surface area contributed by atoms with E-state index in [1.807, 2.05) is 30.3 Å². The van der Waals surface area contributed by atoms with E-state index in [-0.39, 0.29) is 11.4 Å². The third-order valence-corrected chi connectivity index (χ3v) is 8.05. The molecule has 38 heavy (non-hydrogen) atoms. The summed E-state index contributed by atoms with van der Waals surface area (Å²) in [6, 6.07) is 16.8. The van der Waals surface area contributed by atoms with Crippen LogP contribution in [0.15, 0.2) is 84.0 Å². The molecule has 1 heterocycles. The number of aromatic nitrogens is 1. The number of nitrogens with one attached hydrogen (secondary N) is 2. The number of hydrogen-bond acceptors (Lipinski definition) is 5. The first-order chi connectivity index (χ1) is 17.9. The van der Waals surface area contributed by atoms with Gasteiger partial charge in [0, 0.05) is 18.3 Å². The molecule has 1 amide bonds. The van der Waals surface area contributed by atoms with Crippen LogP contribution < -0.4 is 10.0 Å². The molecule has 0 aliphatic rings. The quantitative estimate of drug-likeness (QED) is 0.183. The van der Waals surface area contributed by atoms with Gasteiger partial charge in [0.15, 0.2) is 5.03 Å². The number of amides is 1. The molecule has 0 aliphatic carbocycles. The molecule has 0 fully saturated rings. The van der Waals surface area contributed by atoms with E-state index in [0.29, 0.717) is 18.5 Å². The second-order valence-corrected chi connectivity index (χ2v) is 11.9. The van der Waals surface area contributed by atoms with Crippen molar-refractivity contribution < 1.29 is 36.3 Å². The van der Waals surface area contributed by atoms with E-state index in [4.69, 9.17) is 9.79 Å². The van der Waals surface area contributed by atoms with Crippen LogP contribution in [0.2, 0.25) is 0 Å². The van der Waals surface area contributed by atoms with Crippen molar-refractivity contribution in [2.75, 3.05) is 6.54 Å². The summed E-state index contributed by atoms with van der Waals surface area (Å²) >= 11 is 0. The van der Waals surface area contributed by atoms with Crippen LogP contribution in [0.4, 0.5) is 8.78 Å². The van der Waals surface area contributed by atoms with Gasteiger partial charge in [0.2, 0.25) is 5.91 Å². The third-order valence-electron chi connectivity index (χ3n) is 5.67. The van der Waals surface area contributed by atoms with E-state index in [1.54, 1.807) is 0 Å². The van der Waals surface area contributed by atoms with Gasteiger partial charge in [-0.25, -0.2) is 13.4 Å². The van der Waals surface area contributed by atoms with Gasteiger partial charge in [-0.15, -0.1) is 0 Å². The molecule has 0 unspecified atom stereocenters. The lowest BCUT2D eigenvalue weighted by Gasteiger charge is -2.20. The molecule has 0 aliphatic heterocycles. The standard InChI is InChI=1S/C25H28F2N3O6PS/c26-25(27,37(32,33)34)21-14-12-20(13-15-21)18-22(30-38(35,36)23-11-5-7-16-28-23)24(31)29-17-6-4-10-19-8-2-1-3-9-19/h1-3,5,7-9,11-16,22,30H,4,6,10,17-18H2,(H,29,31)(H2,32,33,34)/t22-/m0/s1. The van der Waals surface area contributed by atoms with Gasteiger partial charge in [0.25, 0.3) is 10.0 Å². The average Bonchev–Trinajstić information content (AvgIpc) is 2.88. The highest BCUT2D eigenvalue weighted by Gasteiger charge is 2.50. The smallest absolute Gasteiger partial charge is 0.355 e. The van der Waals surface area contributed by atoms with E-state index in [9.17, 15) is 26.6 Å². The van der Waals surface area contributed by atoms with Gasteiger partial charge in [0.1, 0.15) is 6.04 Å². The highest BCUT2D eigenvalue weighted by molar-refractivity contribution is 7.89. The lowest BCUT2D eigenvalue weighted by Crippen LogP contribution is -2.48. The van der Waals surface area contributed by atoms with Crippen molar-refractivity contribution in [3.63, 3.8) is 0 Å². The predicted molar refractivity (Wildman–Crippen MR) is 137 cm³/mol. The number of benzene rings is 2. The molecule has 0 saturated heterocycles. The number of nitrogens with zero attached hydrogens (tertiary/aromatic N) is 1. The minimum Gasteiger partial charge on any atom is -0.355 e. The Hall–Kier alpha value is -3.02. The Kier molecular flexibility index (Phi) is 9.86. The predicted octanol–water partition coefficient (Wildman–Crippen LogP) is 3.34. The van der Waals surface area contributed by atoms with Crippen LogP contribution in [0.25, 0.3) is 0 Å². The summed E-state index contributed by atoms with van der Waals surface area (Å²) < 4.78 is 67.1. The highest BCUT2D eigenvalue weighted by Crippen LogP contribution is 2.59. The van der Waals surface area contributed by atoms with Gasteiger partial charge in [0.05, 0.1) is 0 Å². The van der Waals surface area contributed by atoms with Gasteiger partial charge < -0.3 is 15.1 Å². The Morgan fingerprint density at radius 2 is 1.61 bits per heavy atom. The molecular weight excluding hydrogens is 539 g/mol. The van der Waals surface area contributed by atoms with Crippen molar-refractivity contribution >= 4 is 23.5 Å². The van der Waals surface area contributed by atoms with Crippen LogP contribution in [0.5, 0.6) is 0 Å². The van der Waals surface area contributed by atoms with E-state index in [0.717, 1.165) is 42.7 Å². The summed E-state index contributed by atoms with van der Waals surface area (Å²) in [6.45, 7) is 0.293. The molecule has 2 aromatic carbocycles. The first-order valence-corrected chi connectivity index (χ1v) is 14.8. The molecule has 1 atom stereocenters. The SMILES string of the molecule is O=C(NCCCCc1ccccc1)[C@H](Cc1ccc(C(F)(F)P(=O)(O)O)cc1)NS(=O)(=O)c1ccccn1. The number of aryl methyl sites for hydroxylation is 1. The molecular formula is C25H28F2N3O6PS. The summed E-state index contributed by atoms with van der Waals surface area (Å²) in [5.74, 6) is -0.617. The largest absolute Gasteiger partial charge is 0.399 e. The monoisotopic (exact) mass is 567 g/mol. The fourth-order valence-corrected chi connectivity index (χ4v) is 5.25. The number of carbonyl (C=O) groups excluding carboxylic acids is 1. The van der Waals surface area contributed by atoms with Crippen molar-refractivity contribution in [3.8, 4) is 0 Å². The first-order valence-electron chi connectivity index (χ1n) is 11.7. The van der Waals surface area contributed by atoms with Crippen molar-refractivity contribution in [2.45, 2.75) is 42.4 Å². The molecule has 9 nitrogen and oxygen atoms in total. The van der Waals surface area contributed by atoms with Crippen LogP contribution in [-0.2, 0) is 37.9 Å². The van der Waals surface area contributed by atoms with Crippen molar-refractivity contribution in [1.82, 2.24) is 15.0 Å². The Balaban J connectivity index is 1.70. The molecule has 0 radical (unpaired) electrons. The summed E-state index contributed by atoms with van der Waals surface area (Å²) in [6.07, 6.45) is 3.34. The summed E-state index contributed by atoms with van der Waals surface area (Å²) in [7, 11) is -9.94. The van der Waals surface area contributed by atoms with Gasteiger partial charge in [-0.05, 0) is 48.9 Å². The maximum Gasteiger partial charge on any atom is 0.399 e. The second kappa shape index (κ2) is 12.7. The molecule has 1 aromatic heterocycles. The normalized spacial score (nSPS) is 13.2. The second-order valence-electron chi connectivity index (χ2n) is 8.56. The van der Waals surface area contributed by atoms with E-state index < -0.39 is 40.8 Å². The molecule has 3 rings (SSSR count). The van der Waals surface area contributed by atoms with Gasteiger partial charge in [-0.3, -0.25) is 9.36 Å². The van der Waals surface area contributed by atoms with Crippen molar-refractivity contribution in [2.24, 2.45) is 0 Å².